The molecule has 1 aromatic heterocycles. The molecule has 20 heavy (non-hydrogen) atoms. The molecule has 1 heterocycles. The van der Waals surface area contributed by atoms with Gasteiger partial charge in [-0.05, 0) is 47.9 Å². The lowest BCUT2D eigenvalue weighted by Crippen LogP contribution is -2.37. The van der Waals surface area contributed by atoms with Crippen molar-refractivity contribution in [3.63, 3.8) is 0 Å². The van der Waals surface area contributed by atoms with E-state index in [-0.39, 0.29) is 6.04 Å². The monoisotopic (exact) mass is 269 g/mol. The number of nitrogens with two attached hydrogens (primary N) is 1. The molecule has 0 saturated heterocycles. The Kier molecular flexibility index (Phi) is 3.48. The van der Waals surface area contributed by atoms with Crippen LogP contribution in [-0.2, 0) is 0 Å². The first kappa shape index (κ1) is 13.5. The number of hydrazine groups is 1. The van der Waals surface area contributed by atoms with Crippen LogP contribution < -0.4 is 11.3 Å². The Morgan fingerprint density at radius 1 is 1.35 bits per heavy atom. The Hall–Kier alpha value is -1.45. The van der Waals surface area contributed by atoms with E-state index in [4.69, 9.17) is 5.84 Å². The molecule has 1 aliphatic rings. The molecule has 0 amide bonds. The minimum Gasteiger partial charge on any atom is -0.271 e. The first-order valence-electron chi connectivity index (χ1n) is 7.43. The first-order valence-corrected chi connectivity index (χ1v) is 7.43. The molecule has 3 heteroatoms. The molecule has 2 atom stereocenters. The summed E-state index contributed by atoms with van der Waals surface area (Å²) in [5, 5.41) is 1.18. The zero-order chi connectivity index (χ0) is 14.2. The highest BCUT2D eigenvalue weighted by molar-refractivity contribution is 5.79. The first-order chi connectivity index (χ1) is 9.62. The Labute approximate surface area is 120 Å². The Balaban J connectivity index is 1.99. The number of pyridine rings is 1. The van der Waals surface area contributed by atoms with Gasteiger partial charge in [0.05, 0.1) is 5.52 Å². The standard InChI is InChI=1S/C17H23N3/c1-17(2)9-3-6-14(17)16(20-18)13-7-8-15-12(11-13)5-4-10-19-15/h4-5,7-8,10-11,14,16,20H,3,6,9,18H2,1-2H3. The van der Waals surface area contributed by atoms with Crippen molar-refractivity contribution < 1.29 is 0 Å². The fourth-order valence-corrected chi connectivity index (χ4v) is 3.70. The van der Waals surface area contributed by atoms with Crippen LogP contribution in [0.5, 0.6) is 0 Å². The normalized spacial score (nSPS) is 23.1. The van der Waals surface area contributed by atoms with Gasteiger partial charge in [-0.3, -0.25) is 16.3 Å². The predicted molar refractivity (Wildman–Crippen MR) is 82.9 cm³/mol. The van der Waals surface area contributed by atoms with E-state index in [2.05, 4.69) is 48.5 Å². The molecular weight excluding hydrogens is 246 g/mol. The van der Waals surface area contributed by atoms with Gasteiger partial charge >= 0.3 is 0 Å². The quantitative estimate of drug-likeness (QED) is 0.661. The van der Waals surface area contributed by atoms with Gasteiger partial charge in [-0.15, -0.1) is 0 Å². The van der Waals surface area contributed by atoms with Crippen LogP contribution in [0.3, 0.4) is 0 Å². The van der Waals surface area contributed by atoms with Gasteiger partial charge in [0.25, 0.3) is 0 Å². The average Bonchev–Trinajstić information content (AvgIpc) is 2.79. The summed E-state index contributed by atoms with van der Waals surface area (Å²) in [6.45, 7) is 4.72. The van der Waals surface area contributed by atoms with Crippen molar-refractivity contribution >= 4 is 10.9 Å². The third kappa shape index (κ3) is 2.32. The maximum Gasteiger partial charge on any atom is 0.0702 e. The summed E-state index contributed by atoms with van der Waals surface area (Å²) >= 11 is 0. The summed E-state index contributed by atoms with van der Waals surface area (Å²) in [6, 6.07) is 10.8. The van der Waals surface area contributed by atoms with Crippen LogP contribution in [-0.4, -0.2) is 4.98 Å². The predicted octanol–water partition coefficient (Wildman–Crippen LogP) is 3.57. The second-order valence-corrected chi connectivity index (χ2v) is 6.59. The summed E-state index contributed by atoms with van der Waals surface area (Å²) in [6.07, 6.45) is 5.66. The van der Waals surface area contributed by atoms with Gasteiger partial charge in [-0.2, -0.15) is 0 Å². The Bertz CT molecular complexity index is 606. The summed E-state index contributed by atoms with van der Waals surface area (Å²) < 4.78 is 0. The van der Waals surface area contributed by atoms with Crippen molar-refractivity contribution in [2.75, 3.05) is 0 Å². The van der Waals surface area contributed by atoms with Crippen LogP contribution in [0.25, 0.3) is 10.9 Å². The number of aromatic nitrogens is 1. The molecule has 1 saturated carbocycles. The minimum absolute atomic E-state index is 0.220. The van der Waals surface area contributed by atoms with Crippen molar-refractivity contribution in [1.29, 1.82) is 0 Å². The Morgan fingerprint density at radius 2 is 2.20 bits per heavy atom. The maximum atomic E-state index is 5.88. The summed E-state index contributed by atoms with van der Waals surface area (Å²) in [5.74, 6) is 6.47. The molecule has 3 nitrogen and oxygen atoms in total. The van der Waals surface area contributed by atoms with Crippen molar-refractivity contribution in [1.82, 2.24) is 10.4 Å². The van der Waals surface area contributed by atoms with Crippen LogP contribution in [0, 0.1) is 11.3 Å². The molecule has 0 radical (unpaired) electrons. The lowest BCUT2D eigenvalue weighted by molar-refractivity contribution is 0.198. The van der Waals surface area contributed by atoms with Gasteiger partial charge in [-0.1, -0.05) is 32.4 Å². The molecule has 0 aliphatic heterocycles. The van der Waals surface area contributed by atoms with Crippen molar-refractivity contribution in [2.24, 2.45) is 17.2 Å². The Morgan fingerprint density at radius 3 is 2.90 bits per heavy atom. The highest BCUT2D eigenvalue weighted by atomic mass is 15.2. The molecule has 1 aromatic carbocycles. The van der Waals surface area contributed by atoms with Gasteiger partial charge in [0.2, 0.25) is 0 Å². The van der Waals surface area contributed by atoms with Gasteiger partial charge < -0.3 is 0 Å². The van der Waals surface area contributed by atoms with Crippen molar-refractivity contribution in [3.8, 4) is 0 Å². The molecule has 0 bridgehead atoms. The highest BCUT2D eigenvalue weighted by Gasteiger charge is 2.39. The average molecular weight is 269 g/mol. The molecular formula is C17H23N3. The topological polar surface area (TPSA) is 50.9 Å². The number of nitrogens with one attached hydrogen (secondary N) is 1. The molecule has 3 rings (SSSR count). The maximum absolute atomic E-state index is 5.88. The summed E-state index contributed by atoms with van der Waals surface area (Å²) in [5.41, 5.74) is 5.72. The second-order valence-electron chi connectivity index (χ2n) is 6.59. The number of hydrogen-bond acceptors (Lipinski definition) is 3. The van der Waals surface area contributed by atoms with E-state index >= 15 is 0 Å². The molecule has 1 aliphatic carbocycles. The molecule has 0 spiro atoms. The second kappa shape index (κ2) is 5.15. The van der Waals surface area contributed by atoms with Crippen LogP contribution >= 0.6 is 0 Å². The van der Waals surface area contributed by atoms with Crippen LogP contribution in [0.1, 0.15) is 44.7 Å². The van der Waals surface area contributed by atoms with Crippen LogP contribution in [0.15, 0.2) is 36.5 Å². The summed E-state index contributed by atoms with van der Waals surface area (Å²) in [7, 11) is 0. The third-order valence-corrected chi connectivity index (χ3v) is 4.91. The smallest absolute Gasteiger partial charge is 0.0702 e. The third-order valence-electron chi connectivity index (χ3n) is 4.91. The zero-order valence-corrected chi connectivity index (χ0v) is 12.3. The fraction of sp³-hybridized carbons (Fsp3) is 0.471. The minimum atomic E-state index is 0.220. The van der Waals surface area contributed by atoms with E-state index in [0.717, 1.165) is 5.52 Å². The lowest BCUT2D eigenvalue weighted by Gasteiger charge is -2.34. The molecule has 2 aromatic rings. The SMILES string of the molecule is CC1(C)CCCC1C(NN)c1ccc2ncccc2c1. The van der Waals surface area contributed by atoms with E-state index in [9.17, 15) is 0 Å². The van der Waals surface area contributed by atoms with E-state index in [1.807, 2.05) is 12.3 Å². The van der Waals surface area contributed by atoms with Crippen LogP contribution in [0.4, 0.5) is 0 Å². The largest absolute Gasteiger partial charge is 0.271 e. The van der Waals surface area contributed by atoms with E-state index < -0.39 is 0 Å². The van der Waals surface area contributed by atoms with E-state index in [1.165, 1.54) is 30.2 Å². The molecule has 2 unspecified atom stereocenters. The number of hydrogen-bond donors (Lipinski definition) is 2. The van der Waals surface area contributed by atoms with E-state index in [1.54, 1.807) is 0 Å². The fourth-order valence-electron chi connectivity index (χ4n) is 3.70. The van der Waals surface area contributed by atoms with Crippen LogP contribution in [0.2, 0.25) is 0 Å². The van der Waals surface area contributed by atoms with Gasteiger partial charge in [0.15, 0.2) is 0 Å². The van der Waals surface area contributed by atoms with Crippen molar-refractivity contribution in [2.45, 2.75) is 39.2 Å². The number of fused-ring (bicyclic) bond motifs is 1. The number of benzene rings is 1. The highest BCUT2D eigenvalue weighted by Crippen LogP contribution is 2.48. The molecule has 3 N–H and O–H groups in total. The van der Waals surface area contributed by atoms with E-state index in [0.29, 0.717) is 11.3 Å². The lowest BCUT2D eigenvalue weighted by atomic mass is 9.75. The van der Waals surface area contributed by atoms with Gasteiger partial charge in [-0.25, -0.2) is 0 Å². The molecule has 1 fully saturated rings. The number of rotatable bonds is 3. The summed E-state index contributed by atoms with van der Waals surface area (Å²) in [4.78, 5) is 4.38. The molecule has 106 valence electrons. The van der Waals surface area contributed by atoms with Gasteiger partial charge in [0, 0.05) is 17.6 Å². The number of nitrogens with zero attached hydrogens (tertiary/aromatic N) is 1. The zero-order valence-electron chi connectivity index (χ0n) is 12.3. The van der Waals surface area contributed by atoms with Gasteiger partial charge in [0.1, 0.15) is 0 Å². The van der Waals surface area contributed by atoms with Crippen molar-refractivity contribution in [3.05, 3.63) is 42.1 Å².